The van der Waals surface area contributed by atoms with Gasteiger partial charge >= 0.3 is 0 Å². The van der Waals surface area contributed by atoms with Crippen LogP contribution < -0.4 is 10.3 Å². The molecule has 182 valence electrons. The molecule has 1 atom stereocenters. The lowest BCUT2D eigenvalue weighted by atomic mass is 10.1. The first-order valence-electron chi connectivity index (χ1n) is 12.6. The van der Waals surface area contributed by atoms with E-state index < -0.39 is 0 Å². The number of fused-ring (bicyclic) bond motifs is 1. The lowest BCUT2D eigenvalue weighted by molar-refractivity contribution is -0.133. The number of hydrogen-bond acceptors (Lipinski definition) is 4. The second-order valence-corrected chi connectivity index (χ2v) is 8.60. The number of benzene rings is 2. The third kappa shape index (κ3) is 5.66. The van der Waals surface area contributed by atoms with Gasteiger partial charge in [0.1, 0.15) is 11.6 Å². The van der Waals surface area contributed by atoms with E-state index >= 15 is 0 Å². The Bertz CT molecular complexity index is 1160. The first-order chi connectivity index (χ1) is 16.5. The van der Waals surface area contributed by atoms with Gasteiger partial charge in [0.25, 0.3) is 5.56 Å². The highest BCUT2D eigenvalue weighted by Gasteiger charge is 2.27. The third-order valence-electron chi connectivity index (χ3n) is 6.09. The van der Waals surface area contributed by atoms with Gasteiger partial charge in [-0.1, -0.05) is 57.4 Å². The van der Waals surface area contributed by atoms with Crippen LogP contribution in [0.2, 0.25) is 0 Å². The predicted octanol–water partition coefficient (Wildman–Crippen LogP) is 6.05. The van der Waals surface area contributed by atoms with Crippen LogP contribution in [0.15, 0.2) is 53.3 Å². The zero-order valence-corrected chi connectivity index (χ0v) is 20.9. The Morgan fingerprint density at radius 2 is 1.74 bits per heavy atom. The van der Waals surface area contributed by atoms with Crippen molar-refractivity contribution < 1.29 is 9.53 Å². The van der Waals surface area contributed by atoms with Gasteiger partial charge in [0, 0.05) is 13.0 Å². The van der Waals surface area contributed by atoms with E-state index in [0.29, 0.717) is 47.7 Å². The number of unbranched alkanes of at least 4 members (excludes halogenated alkanes) is 3. The van der Waals surface area contributed by atoms with Gasteiger partial charge in [-0.15, -0.1) is 0 Å². The van der Waals surface area contributed by atoms with Crippen molar-refractivity contribution in [2.75, 3.05) is 13.2 Å². The second kappa shape index (κ2) is 12.4. The molecule has 6 heteroatoms. The molecule has 0 N–H and O–H groups in total. The number of carbonyl (C=O) groups is 1. The summed E-state index contributed by atoms with van der Waals surface area (Å²) in [4.78, 5) is 33.8. The average Bonchev–Trinajstić information content (AvgIpc) is 2.84. The molecule has 1 amide bonds. The number of nitrogens with zero attached hydrogens (tertiary/aromatic N) is 3. The monoisotopic (exact) mass is 463 g/mol. The van der Waals surface area contributed by atoms with Gasteiger partial charge in [0.15, 0.2) is 0 Å². The first kappa shape index (κ1) is 25.5. The van der Waals surface area contributed by atoms with E-state index in [1.165, 1.54) is 0 Å². The maximum absolute atomic E-state index is 13.8. The molecular weight excluding hydrogens is 426 g/mol. The molecule has 0 aliphatic rings. The van der Waals surface area contributed by atoms with E-state index in [1.54, 1.807) is 10.6 Å². The Kier molecular flexibility index (Phi) is 9.25. The average molecular weight is 464 g/mol. The Morgan fingerprint density at radius 3 is 2.47 bits per heavy atom. The quantitative estimate of drug-likeness (QED) is 0.307. The van der Waals surface area contributed by atoms with Gasteiger partial charge in [-0.2, -0.15) is 0 Å². The maximum atomic E-state index is 13.8. The van der Waals surface area contributed by atoms with Crippen LogP contribution in [0.4, 0.5) is 0 Å². The van der Waals surface area contributed by atoms with E-state index in [4.69, 9.17) is 9.72 Å². The number of carbonyl (C=O) groups excluding carboxylic acids is 1. The Labute approximate surface area is 202 Å². The highest BCUT2D eigenvalue weighted by molar-refractivity contribution is 5.79. The number of rotatable bonds is 12. The molecule has 0 saturated carbocycles. The molecule has 1 aromatic heterocycles. The summed E-state index contributed by atoms with van der Waals surface area (Å²) in [5.74, 6) is 1.27. The summed E-state index contributed by atoms with van der Waals surface area (Å²) in [5.41, 5.74) is 1.12. The summed E-state index contributed by atoms with van der Waals surface area (Å²) in [7, 11) is 0. The van der Waals surface area contributed by atoms with E-state index in [9.17, 15) is 9.59 Å². The van der Waals surface area contributed by atoms with E-state index in [0.717, 1.165) is 32.1 Å². The minimum atomic E-state index is -0.368. The van der Waals surface area contributed by atoms with E-state index in [-0.39, 0.29) is 17.5 Å². The highest BCUT2D eigenvalue weighted by atomic mass is 16.5. The van der Waals surface area contributed by atoms with Gasteiger partial charge in [0.2, 0.25) is 5.91 Å². The molecule has 3 rings (SSSR count). The van der Waals surface area contributed by atoms with Gasteiger partial charge in [-0.05, 0) is 51.0 Å². The van der Waals surface area contributed by atoms with Crippen molar-refractivity contribution in [3.63, 3.8) is 0 Å². The van der Waals surface area contributed by atoms with Gasteiger partial charge in [0.05, 0.1) is 29.2 Å². The zero-order valence-electron chi connectivity index (χ0n) is 20.9. The van der Waals surface area contributed by atoms with Crippen LogP contribution in [0.3, 0.4) is 0 Å². The summed E-state index contributed by atoms with van der Waals surface area (Å²) >= 11 is 0. The number of ether oxygens (including phenoxy) is 1. The molecule has 0 fully saturated rings. The fourth-order valence-corrected chi connectivity index (χ4v) is 4.32. The van der Waals surface area contributed by atoms with Crippen molar-refractivity contribution in [2.45, 2.75) is 72.3 Å². The largest absolute Gasteiger partial charge is 0.492 e. The van der Waals surface area contributed by atoms with Crippen molar-refractivity contribution in [3.05, 3.63) is 64.7 Å². The van der Waals surface area contributed by atoms with Crippen molar-refractivity contribution in [1.82, 2.24) is 14.5 Å². The zero-order chi connectivity index (χ0) is 24.5. The molecule has 34 heavy (non-hydrogen) atoms. The SMILES string of the molecule is CCCCCCN(C(=O)CCC)C(C)c1nc2ccccc2c(=O)n1-c1ccccc1OCC. The number of hydrogen-bond donors (Lipinski definition) is 0. The molecule has 1 unspecified atom stereocenters. The van der Waals surface area contributed by atoms with Gasteiger partial charge in [-0.25, -0.2) is 4.98 Å². The summed E-state index contributed by atoms with van der Waals surface area (Å²) < 4.78 is 7.50. The summed E-state index contributed by atoms with van der Waals surface area (Å²) in [6.07, 6.45) is 5.54. The fraction of sp³-hybridized carbons (Fsp3) is 0.464. The van der Waals surface area contributed by atoms with Crippen LogP contribution in [0, 0.1) is 0 Å². The molecule has 0 bridgehead atoms. The summed E-state index contributed by atoms with van der Waals surface area (Å²) in [6.45, 7) is 9.22. The van der Waals surface area contributed by atoms with Gasteiger partial charge < -0.3 is 9.64 Å². The number of para-hydroxylation sites is 3. The van der Waals surface area contributed by atoms with Crippen LogP contribution >= 0.6 is 0 Å². The topological polar surface area (TPSA) is 64.4 Å². The molecule has 3 aromatic rings. The molecule has 2 aromatic carbocycles. The van der Waals surface area contributed by atoms with Crippen molar-refractivity contribution in [3.8, 4) is 11.4 Å². The molecular formula is C28H37N3O3. The van der Waals surface area contributed by atoms with Crippen LogP contribution in [0.25, 0.3) is 16.6 Å². The standard InChI is InChI=1S/C28H37N3O3/c1-5-8-9-14-20-30(26(32)15-6-2)21(4)27-29-23-17-11-10-16-22(23)28(33)31(27)24-18-12-13-19-25(24)34-7-3/h10-13,16-19,21H,5-9,14-15,20H2,1-4H3. The van der Waals surface area contributed by atoms with Crippen LogP contribution in [0.1, 0.15) is 78.1 Å². The molecule has 1 heterocycles. The fourth-order valence-electron chi connectivity index (χ4n) is 4.32. The molecule has 0 radical (unpaired) electrons. The molecule has 0 aliphatic carbocycles. The predicted molar refractivity (Wildman–Crippen MR) is 138 cm³/mol. The minimum Gasteiger partial charge on any atom is -0.492 e. The first-order valence-corrected chi connectivity index (χ1v) is 12.6. The van der Waals surface area contributed by atoms with Crippen LogP contribution in [-0.4, -0.2) is 33.5 Å². The number of aromatic nitrogens is 2. The van der Waals surface area contributed by atoms with Crippen LogP contribution in [0.5, 0.6) is 5.75 Å². The van der Waals surface area contributed by atoms with Crippen molar-refractivity contribution in [2.24, 2.45) is 0 Å². The van der Waals surface area contributed by atoms with Crippen LogP contribution in [-0.2, 0) is 4.79 Å². The van der Waals surface area contributed by atoms with Gasteiger partial charge in [-0.3, -0.25) is 14.2 Å². The molecule has 0 aliphatic heterocycles. The lowest BCUT2D eigenvalue weighted by Gasteiger charge is -2.31. The summed E-state index contributed by atoms with van der Waals surface area (Å²) in [5, 5.41) is 0.541. The highest BCUT2D eigenvalue weighted by Crippen LogP contribution is 2.28. The third-order valence-corrected chi connectivity index (χ3v) is 6.09. The maximum Gasteiger partial charge on any atom is 0.266 e. The smallest absolute Gasteiger partial charge is 0.266 e. The van der Waals surface area contributed by atoms with Crippen molar-refractivity contribution >= 4 is 16.8 Å². The molecule has 6 nitrogen and oxygen atoms in total. The summed E-state index contributed by atoms with van der Waals surface area (Å²) in [6, 6.07) is 14.5. The lowest BCUT2D eigenvalue weighted by Crippen LogP contribution is -2.38. The number of amides is 1. The van der Waals surface area contributed by atoms with E-state index in [2.05, 4.69) is 6.92 Å². The van der Waals surface area contributed by atoms with E-state index in [1.807, 2.05) is 68.1 Å². The Balaban J connectivity index is 2.18. The molecule has 0 spiro atoms. The normalized spacial score (nSPS) is 12.0. The molecule has 0 saturated heterocycles. The van der Waals surface area contributed by atoms with Crippen molar-refractivity contribution in [1.29, 1.82) is 0 Å². The Hall–Kier alpha value is -3.15. The minimum absolute atomic E-state index is 0.0959. The Morgan fingerprint density at radius 1 is 1.00 bits per heavy atom. The second-order valence-electron chi connectivity index (χ2n) is 8.60.